The lowest BCUT2D eigenvalue weighted by Gasteiger charge is -2.14. The average molecular weight is 508 g/mol. The number of aromatic nitrogens is 3. The maximum Gasteiger partial charge on any atom is 0.301 e. The normalized spacial score (nSPS) is 11.8. The van der Waals surface area contributed by atoms with Gasteiger partial charge >= 0.3 is 5.56 Å². The molecule has 0 aliphatic rings. The summed E-state index contributed by atoms with van der Waals surface area (Å²) in [4.78, 5) is 30.8. The number of hydrogen-bond acceptors (Lipinski definition) is 6. The number of H-pyrrole nitrogens is 1. The van der Waals surface area contributed by atoms with Crippen LogP contribution in [0.15, 0.2) is 105 Å². The summed E-state index contributed by atoms with van der Waals surface area (Å²) in [7, 11) is 0. The van der Waals surface area contributed by atoms with Crippen molar-refractivity contribution >= 4 is 28.5 Å². The van der Waals surface area contributed by atoms with Crippen LogP contribution in [0.3, 0.4) is 0 Å². The van der Waals surface area contributed by atoms with Crippen LogP contribution < -0.4 is 5.56 Å². The molecular weight excluding hydrogens is 482 g/mol. The van der Waals surface area contributed by atoms with Crippen LogP contribution in [0.25, 0.3) is 16.4 Å². The van der Waals surface area contributed by atoms with Crippen LogP contribution in [0.5, 0.6) is 0 Å². The van der Waals surface area contributed by atoms with Gasteiger partial charge in [0.05, 0.1) is 17.1 Å². The third-order valence-electron chi connectivity index (χ3n) is 5.81. The predicted octanol–water partition coefficient (Wildman–Crippen LogP) is 7.23. The number of rotatable bonds is 6. The van der Waals surface area contributed by atoms with Crippen LogP contribution in [0.4, 0.5) is 11.4 Å². The number of carbonyl (C=O) groups excluding carboxylic acids is 1. The molecule has 8 heteroatoms. The molecule has 0 aliphatic carbocycles. The Balaban J connectivity index is 1.50. The Kier molecular flexibility index (Phi) is 6.50. The number of ketones is 1. The third-order valence-corrected chi connectivity index (χ3v) is 6.64. The summed E-state index contributed by atoms with van der Waals surface area (Å²) < 4.78 is 1.41. The minimum absolute atomic E-state index is 0.0675. The number of azo groups is 1. The first-order chi connectivity index (χ1) is 17.8. The van der Waals surface area contributed by atoms with Crippen LogP contribution in [0.1, 0.15) is 42.4 Å². The largest absolute Gasteiger partial charge is 0.301 e. The Labute approximate surface area is 218 Å². The lowest BCUT2D eigenvalue weighted by molar-refractivity contribution is 0.103. The first-order valence-electron chi connectivity index (χ1n) is 11.8. The van der Waals surface area contributed by atoms with Gasteiger partial charge in [-0.1, -0.05) is 81.4 Å². The fraction of sp³-hybridized carbons (Fsp3) is 0.138. The van der Waals surface area contributed by atoms with E-state index in [4.69, 9.17) is 0 Å². The Bertz CT molecular complexity index is 1620. The molecule has 0 radical (unpaired) electrons. The van der Waals surface area contributed by atoms with E-state index in [-0.39, 0.29) is 22.4 Å². The zero-order chi connectivity index (χ0) is 26.0. The molecule has 7 nitrogen and oxygen atoms in total. The lowest BCUT2D eigenvalue weighted by Crippen LogP contribution is -2.16. The summed E-state index contributed by atoms with van der Waals surface area (Å²) in [5, 5.41) is 14.3. The quantitative estimate of drug-likeness (QED) is 0.194. The van der Waals surface area contributed by atoms with Gasteiger partial charge < -0.3 is 0 Å². The molecule has 0 saturated carbocycles. The van der Waals surface area contributed by atoms with Crippen molar-refractivity contribution in [1.82, 2.24) is 14.8 Å². The van der Waals surface area contributed by atoms with E-state index < -0.39 is 0 Å². The fourth-order valence-electron chi connectivity index (χ4n) is 3.72. The standard InChI is InChI=1S/C29H25N5O2S/c1-29(2,3)23-18-37-28(30-23)34-27(36)25(24(33-34)19-10-6-4-7-11-19)32-31-22-16-14-21(15-17-22)26(35)20-12-8-5-9-13-20/h4-18,33H,1-3H3. The zero-order valence-corrected chi connectivity index (χ0v) is 21.5. The topological polar surface area (TPSA) is 92.5 Å². The van der Waals surface area contributed by atoms with E-state index in [1.165, 1.54) is 16.0 Å². The van der Waals surface area contributed by atoms with Crippen molar-refractivity contribution < 1.29 is 4.79 Å². The van der Waals surface area contributed by atoms with Crippen molar-refractivity contribution in [2.75, 3.05) is 0 Å². The number of nitrogens with zero attached hydrogens (tertiary/aromatic N) is 4. The van der Waals surface area contributed by atoms with Crippen molar-refractivity contribution in [3.63, 3.8) is 0 Å². The van der Waals surface area contributed by atoms with Gasteiger partial charge in [-0.25, -0.2) is 4.98 Å². The van der Waals surface area contributed by atoms with Gasteiger partial charge in [-0.3, -0.25) is 14.7 Å². The molecule has 37 heavy (non-hydrogen) atoms. The van der Waals surface area contributed by atoms with Crippen molar-refractivity contribution in [2.45, 2.75) is 26.2 Å². The summed E-state index contributed by atoms with van der Waals surface area (Å²) in [6, 6.07) is 25.5. The summed E-state index contributed by atoms with van der Waals surface area (Å²) in [6.07, 6.45) is 0. The van der Waals surface area contributed by atoms with E-state index in [1.54, 1.807) is 36.4 Å². The predicted molar refractivity (Wildman–Crippen MR) is 147 cm³/mol. The highest BCUT2D eigenvalue weighted by molar-refractivity contribution is 7.12. The third kappa shape index (κ3) is 5.10. The maximum absolute atomic E-state index is 13.4. The fourth-order valence-corrected chi connectivity index (χ4v) is 4.73. The molecule has 0 amide bonds. The van der Waals surface area contributed by atoms with Gasteiger partial charge in [0.25, 0.3) is 0 Å². The van der Waals surface area contributed by atoms with E-state index in [1.807, 2.05) is 53.9 Å². The second kappa shape index (κ2) is 9.91. The Hall–Kier alpha value is -4.43. The van der Waals surface area contributed by atoms with Gasteiger partial charge in [0.1, 0.15) is 0 Å². The van der Waals surface area contributed by atoms with Crippen LogP contribution in [-0.2, 0) is 5.41 Å². The molecule has 0 bridgehead atoms. The molecule has 0 aliphatic heterocycles. The van der Waals surface area contributed by atoms with Crippen molar-refractivity contribution in [1.29, 1.82) is 0 Å². The molecular formula is C29H25N5O2S. The van der Waals surface area contributed by atoms with Crippen LogP contribution >= 0.6 is 11.3 Å². The highest BCUT2D eigenvalue weighted by Gasteiger charge is 2.22. The Morgan fingerprint density at radius 3 is 2.11 bits per heavy atom. The van der Waals surface area contributed by atoms with Gasteiger partial charge in [0.2, 0.25) is 5.13 Å². The number of aromatic amines is 1. The molecule has 0 spiro atoms. The average Bonchev–Trinajstić information content (AvgIpc) is 3.53. The molecule has 0 fully saturated rings. The van der Waals surface area contributed by atoms with Gasteiger partial charge in [-0.2, -0.15) is 9.80 Å². The monoisotopic (exact) mass is 507 g/mol. The van der Waals surface area contributed by atoms with E-state index in [9.17, 15) is 9.59 Å². The molecule has 2 heterocycles. The SMILES string of the molecule is CC(C)(C)c1csc(-n2[nH]c(-c3ccccc3)c(N=Nc3ccc(C(=O)c4ccccc4)cc3)c2=O)n1. The van der Waals surface area contributed by atoms with E-state index in [0.29, 0.717) is 27.6 Å². The highest BCUT2D eigenvalue weighted by Crippen LogP contribution is 2.30. The van der Waals surface area contributed by atoms with Crippen molar-refractivity contribution in [2.24, 2.45) is 10.2 Å². The smallest absolute Gasteiger partial charge is 0.289 e. The first-order valence-corrected chi connectivity index (χ1v) is 12.7. The molecule has 1 N–H and O–H groups in total. The molecule has 3 aromatic carbocycles. The molecule has 0 unspecified atom stereocenters. The molecule has 0 saturated heterocycles. The van der Waals surface area contributed by atoms with Crippen LogP contribution in [-0.4, -0.2) is 20.5 Å². The van der Waals surface area contributed by atoms with Crippen molar-refractivity contribution in [3.05, 3.63) is 117 Å². The highest BCUT2D eigenvalue weighted by atomic mass is 32.1. The second-order valence-electron chi connectivity index (χ2n) is 9.55. The first kappa shape index (κ1) is 24.3. The Morgan fingerprint density at radius 2 is 1.49 bits per heavy atom. The van der Waals surface area contributed by atoms with Gasteiger partial charge in [-0.05, 0) is 24.3 Å². The summed E-state index contributed by atoms with van der Waals surface area (Å²) in [6.45, 7) is 6.24. The molecule has 184 valence electrons. The summed E-state index contributed by atoms with van der Waals surface area (Å²) in [5.41, 5.74) is 3.68. The number of nitrogens with one attached hydrogen (secondary N) is 1. The Morgan fingerprint density at radius 1 is 0.865 bits per heavy atom. The minimum atomic E-state index is -0.340. The number of hydrogen-bond donors (Lipinski definition) is 1. The molecule has 5 rings (SSSR count). The lowest BCUT2D eigenvalue weighted by atomic mass is 9.93. The second-order valence-corrected chi connectivity index (χ2v) is 10.4. The van der Waals surface area contributed by atoms with E-state index in [2.05, 4.69) is 41.1 Å². The van der Waals surface area contributed by atoms with Gasteiger partial charge in [0.15, 0.2) is 11.5 Å². The van der Waals surface area contributed by atoms with Crippen LogP contribution in [0, 0.1) is 0 Å². The van der Waals surface area contributed by atoms with E-state index in [0.717, 1.165) is 11.3 Å². The van der Waals surface area contributed by atoms with Gasteiger partial charge in [0, 0.05) is 27.5 Å². The number of benzene rings is 3. The van der Waals surface area contributed by atoms with Gasteiger partial charge in [-0.15, -0.1) is 16.5 Å². The summed E-state index contributed by atoms with van der Waals surface area (Å²) >= 11 is 1.39. The molecule has 5 aromatic rings. The molecule has 0 atom stereocenters. The van der Waals surface area contributed by atoms with E-state index >= 15 is 0 Å². The maximum atomic E-state index is 13.4. The summed E-state index contributed by atoms with van der Waals surface area (Å²) in [5.74, 6) is -0.0675. The number of carbonyl (C=O) groups is 1. The minimum Gasteiger partial charge on any atom is -0.289 e. The van der Waals surface area contributed by atoms with Crippen molar-refractivity contribution in [3.8, 4) is 16.4 Å². The number of thiazole rings is 1. The van der Waals surface area contributed by atoms with Crippen LogP contribution in [0.2, 0.25) is 0 Å². The molecule has 2 aromatic heterocycles. The zero-order valence-electron chi connectivity index (χ0n) is 20.7.